The number of anilines is 2. The van der Waals surface area contributed by atoms with Gasteiger partial charge in [0.15, 0.2) is 18.1 Å². The first-order chi connectivity index (χ1) is 9.95. The van der Waals surface area contributed by atoms with E-state index < -0.39 is 5.97 Å². The minimum absolute atomic E-state index is 0.0647. The van der Waals surface area contributed by atoms with Gasteiger partial charge in [-0.15, -0.1) is 0 Å². The van der Waals surface area contributed by atoms with Crippen LogP contribution in [-0.4, -0.2) is 45.0 Å². The topological polar surface area (TPSA) is 120 Å². The third kappa shape index (κ3) is 3.81. The van der Waals surface area contributed by atoms with E-state index in [9.17, 15) is 4.79 Å². The van der Waals surface area contributed by atoms with E-state index in [-0.39, 0.29) is 24.1 Å². The van der Waals surface area contributed by atoms with Gasteiger partial charge in [-0.05, 0) is 6.92 Å². The zero-order chi connectivity index (χ0) is 15.4. The quantitative estimate of drug-likeness (QED) is 0.773. The van der Waals surface area contributed by atoms with Crippen LogP contribution in [0.4, 0.5) is 11.9 Å². The van der Waals surface area contributed by atoms with E-state index in [0.717, 1.165) is 0 Å². The molecule has 0 bridgehead atoms. The first kappa shape index (κ1) is 14.6. The Morgan fingerprint density at radius 3 is 2.62 bits per heavy atom. The summed E-state index contributed by atoms with van der Waals surface area (Å²) in [7, 11) is 3.54. The molecule has 0 saturated carbocycles. The Labute approximate surface area is 121 Å². The molecule has 0 amide bonds. The van der Waals surface area contributed by atoms with E-state index in [1.54, 1.807) is 25.9 Å². The average molecular weight is 289 g/mol. The summed E-state index contributed by atoms with van der Waals surface area (Å²) in [6.45, 7) is 1.65. The summed E-state index contributed by atoms with van der Waals surface area (Å²) in [6.07, 6.45) is 2.84. The Morgan fingerprint density at radius 1 is 1.24 bits per heavy atom. The van der Waals surface area contributed by atoms with Gasteiger partial charge >= 0.3 is 5.97 Å². The van der Waals surface area contributed by atoms with E-state index in [4.69, 9.17) is 10.5 Å². The van der Waals surface area contributed by atoms with E-state index in [1.165, 1.54) is 12.4 Å². The normalized spacial score (nSPS) is 10.2. The van der Waals surface area contributed by atoms with E-state index >= 15 is 0 Å². The maximum absolute atomic E-state index is 11.8. The van der Waals surface area contributed by atoms with Crippen molar-refractivity contribution in [3.05, 3.63) is 29.6 Å². The van der Waals surface area contributed by atoms with Crippen molar-refractivity contribution in [3.63, 3.8) is 0 Å². The molecule has 2 aromatic heterocycles. The fourth-order valence-corrected chi connectivity index (χ4v) is 1.39. The molecule has 21 heavy (non-hydrogen) atoms. The molecule has 2 rings (SSSR count). The molecule has 0 saturated heterocycles. The number of rotatable bonds is 4. The number of aromatic nitrogens is 5. The summed E-state index contributed by atoms with van der Waals surface area (Å²) in [6, 6.07) is 0. The third-order valence-corrected chi connectivity index (χ3v) is 2.41. The molecular formula is C12H15N7O2. The lowest BCUT2D eigenvalue weighted by atomic mass is 10.4. The summed E-state index contributed by atoms with van der Waals surface area (Å²) >= 11 is 0. The minimum atomic E-state index is -0.604. The van der Waals surface area contributed by atoms with Gasteiger partial charge in [0.05, 0.1) is 11.9 Å². The second-order valence-corrected chi connectivity index (χ2v) is 4.42. The Morgan fingerprint density at radius 2 is 2.00 bits per heavy atom. The van der Waals surface area contributed by atoms with Gasteiger partial charge in [0, 0.05) is 20.3 Å². The van der Waals surface area contributed by atoms with Crippen LogP contribution >= 0.6 is 0 Å². The van der Waals surface area contributed by atoms with Crippen LogP contribution in [0.2, 0.25) is 0 Å². The van der Waals surface area contributed by atoms with Crippen LogP contribution in [0.3, 0.4) is 0 Å². The van der Waals surface area contributed by atoms with Gasteiger partial charge in [0.2, 0.25) is 11.9 Å². The van der Waals surface area contributed by atoms with Crippen molar-refractivity contribution >= 4 is 17.9 Å². The van der Waals surface area contributed by atoms with Crippen molar-refractivity contribution in [2.45, 2.75) is 13.5 Å². The zero-order valence-electron chi connectivity index (χ0n) is 11.9. The number of hydrogen-bond acceptors (Lipinski definition) is 9. The molecule has 2 aromatic rings. The third-order valence-electron chi connectivity index (χ3n) is 2.41. The highest BCUT2D eigenvalue weighted by molar-refractivity contribution is 5.86. The van der Waals surface area contributed by atoms with Crippen LogP contribution in [0, 0.1) is 6.92 Å². The molecule has 2 heterocycles. The number of nitrogens with zero attached hydrogens (tertiary/aromatic N) is 6. The average Bonchev–Trinajstić information content (AvgIpc) is 2.45. The predicted octanol–water partition coefficient (Wildman–Crippen LogP) is -0.0248. The molecular weight excluding hydrogens is 274 g/mol. The number of aryl methyl sites for hydroxylation is 1. The molecule has 9 heteroatoms. The van der Waals surface area contributed by atoms with Gasteiger partial charge in [-0.25, -0.2) is 9.78 Å². The molecule has 110 valence electrons. The zero-order valence-corrected chi connectivity index (χ0v) is 11.9. The molecule has 0 radical (unpaired) electrons. The molecule has 0 aliphatic rings. The second-order valence-electron chi connectivity index (χ2n) is 4.42. The van der Waals surface area contributed by atoms with E-state index in [1.807, 2.05) is 0 Å². The van der Waals surface area contributed by atoms with Crippen LogP contribution in [0.15, 0.2) is 12.4 Å². The van der Waals surface area contributed by atoms with Crippen molar-refractivity contribution in [1.29, 1.82) is 0 Å². The minimum Gasteiger partial charge on any atom is -0.453 e. The molecule has 0 aliphatic carbocycles. The van der Waals surface area contributed by atoms with Gasteiger partial charge in [0.25, 0.3) is 0 Å². The van der Waals surface area contributed by atoms with Crippen molar-refractivity contribution < 1.29 is 9.53 Å². The molecule has 0 spiro atoms. The maximum Gasteiger partial charge on any atom is 0.358 e. The largest absolute Gasteiger partial charge is 0.453 e. The molecule has 0 aromatic carbocycles. The highest BCUT2D eigenvalue weighted by Crippen LogP contribution is 2.07. The molecule has 2 N–H and O–H groups in total. The summed E-state index contributed by atoms with van der Waals surface area (Å²) in [4.78, 5) is 33.4. The van der Waals surface area contributed by atoms with E-state index in [2.05, 4.69) is 24.9 Å². The van der Waals surface area contributed by atoms with Gasteiger partial charge in [0.1, 0.15) is 0 Å². The first-order valence-corrected chi connectivity index (χ1v) is 6.09. The van der Waals surface area contributed by atoms with Gasteiger partial charge in [-0.3, -0.25) is 4.98 Å². The smallest absolute Gasteiger partial charge is 0.358 e. The highest BCUT2D eigenvalue weighted by Gasteiger charge is 2.12. The monoisotopic (exact) mass is 289 g/mol. The fraction of sp³-hybridized carbons (Fsp3) is 0.333. The standard InChI is InChI=1S/C12H15N7O2/c1-7-4-15-8(5-14-7)10(20)21-6-9-16-11(13)18-12(17-9)19(2)3/h4-5H,6H2,1-3H3,(H2,13,16,17,18). The van der Waals surface area contributed by atoms with E-state index in [0.29, 0.717) is 11.6 Å². The van der Waals surface area contributed by atoms with Crippen LogP contribution in [0.1, 0.15) is 22.0 Å². The van der Waals surface area contributed by atoms with Crippen molar-refractivity contribution in [2.24, 2.45) is 0 Å². The lowest BCUT2D eigenvalue weighted by Crippen LogP contribution is -2.17. The number of carbonyl (C=O) groups is 1. The lowest BCUT2D eigenvalue weighted by molar-refractivity contribution is 0.0454. The van der Waals surface area contributed by atoms with Crippen LogP contribution in [0.5, 0.6) is 0 Å². The Hall–Kier alpha value is -2.84. The fourth-order valence-electron chi connectivity index (χ4n) is 1.39. The van der Waals surface area contributed by atoms with Crippen molar-refractivity contribution in [2.75, 3.05) is 24.7 Å². The van der Waals surface area contributed by atoms with Gasteiger partial charge in [-0.2, -0.15) is 15.0 Å². The molecule has 0 aliphatic heterocycles. The predicted molar refractivity (Wildman–Crippen MR) is 74.5 cm³/mol. The van der Waals surface area contributed by atoms with Crippen molar-refractivity contribution in [1.82, 2.24) is 24.9 Å². The number of ether oxygens (including phenoxy) is 1. The second kappa shape index (κ2) is 6.07. The summed E-state index contributed by atoms with van der Waals surface area (Å²) in [5, 5.41) is 0. The number of nitrogens with two attached hydrogens (primary N) is 1. The SMILES string of the molecule is Cc1cnc(C(=O)OCc2nc(N)nc(N(C)C)n2)cn1. The summed E-state index contributed by atoms with van der Waals surface area (Å²) in [5.41, 5.74) is 6.42. The molecule has 0 fully saturated rings. The number of hydrogen-bond donors (Lipinski definition) is 1. The number of nitrogen functional groups attached to an aromatic ring is 1. The number of carbonyl (C=O) groups excluding carboxylic acids is 1. The van der Waals surface area contributed by atoms with Crippen LogP contribution in [0.25, 0.3) is 0 Å². The molecule has 0 unspecified atom stereocenters. The van der Waals surface area contributed by atoms with Gasteiger partial charge < -0.3 is 15.4 Å². The molecule has 0 atom stereocenters. The summed E-state index contributed by atoms with van der Waals surface area (Å²) < 4.78 is 5.08. The van der Waals surface area contributed by atoms with Gasteiger partial charge in [-0.1, -0.05) is 0 Å². The van der Waals surface area contributed by atoms with Crippen LogP contribution in [-0.2, 0) is 11.3 Å². The first-order valence-electron chi connectivity index (χ1n) is 6.09. The number of esters is 1. The van der Waals surface area contributed by atoms with Crippen LogP contribution < -0.4 is 10.6 Å². The Bertz CT molecular complexity index is 643. The molecule has 9 nitrogen and oxygen atoms in total. The van der Waals surface area contributed by atoms with Crippen molar-refractivity contribution in [3.8, 4) is 0 Å². The highest BCUT2D eigenvalue weighted by atomic mass is 16.5. The maximum atomic E-state index is 11.8. The lowest BCUT2D eigenvalue weighted by Gasteiger charge is -2.11. The Kier molecular flexibility index (Phi) is 4.21. The Balaban J connectivity index is 2.05. The summed E-state index contributed by atoms with van der Waals surface area (Å²) in [5.74, 6) is 0.117.